The Balaban J connectivity index is 1.90. The third kappa shape index (κ3) is 4.50. The summed E-state index contributed by atoms with van der Waals surface area (Å²) in [5.41, 5.74) is 2.63. The number of ether oxygens (including phenoxy) is 1. The van der Waals surface area contributed by atoms with E-state index in [0.29, 0.717) is 40.9 Å². The second kappa shape index (κ2) is 8.35. The van der Waals surface area contributed by atoms with Crippen molar-refractivity contribution in [1.29, 1.82) is 0 Å². The number of halogens is 1. The molecule has 1 aliphatic heterocycles. The summed E-state index contributed by atoms with van der Waals surface area (Å²) >= 11 is 0. The standard InChI is InChI=1S/C24H27FN4O3/c1-14(27-23(31)32-24(2,3)4)21-20(19-7-5-6-10-26-19)22(29-12-16(30)13-29)17-11-15(25)8-9-18(17)28-21/h5-11,14,16,30H,12-13H2,1-4H3,(H,27,31). The van der Waals surface area contributed by atoms with Gasteiger partial charge in [0.2, 0.25) is 0 Å². The lowest BCUT2D eigenvalue weighted by molar-refractivity contribution is 0.0507. The van der Waals surface area contributed by atoms with Crippen molar-refractivity contribution in [3.05, 3.63) is 54.1 Å². The first-order valence-corrected chi connectivity index (χ1v) is 10.6. The molecule has 1 saturated heterocycles. The van der Waals surface area contributed by atoms with Crippen LogP contribution in [0.3, 0.4) is 0 Å². The number of carbonyl (C=O) groups is 1. The van der Waals surface area contributed by atoms with Gasteiger partial charge < -0.3 is 20.1 Å². The highest BCUT2D eigenvalue weighted by atomic mass is 19.1. The number of β-amino-alcohol motifs (C(OH)–C–C–N with tert-alkyl or cyclic N) is 1. The number of benzene rings is 1. The van der Waals surface area contributed by atoms with E-state index in [2.05, 4.69) is 10.3 Å². The maximum atomic E-state index is 14.2. The Morgan fingerprint density at radius 1 is 1.28 bits per heavy atom. The number of fused-ring (bicyclic) bond motifs is 1. The van der Waals surface area contributed by atoms with E-state index in [1.165, 1.54) is 12.1 Å². The Morgan fingerprint density at radius 2 is 2.03 bits per heavy atom. The predicted molar refractivity (Wildman–Crippen MR) is 121 cm³/mol. The minimum absolute atomic E-state index is 0.374. The summed E-state index contributed by atoms with van der Waals surface area (Å²) in [5.74, 6) is -0.374. The van der Waals surface area contributed by atoms with Gasteiger partial charge in [0, 0.05) is 30.2 Å². The number of nitrogens with zero attached hydrogens (tertiary/aromatic N) is 3. The van der Waals surface area contributed by atoms with Crippen LogP contribution >= 0.6 is 0 Å². The fraction of sp³-hybridized carbons (Fsp3) is 0.375. The van der Waals surface area contributed by atoms with Gasteiger partial charge in [0.05, 0.1) is 34.7 Å². The summed E-state index contributed by atoms with van der Waals surface area (Å²) in [6.07, 6.45) is 0.665. The van der Waals surface area contributed by atoms with E-state index in [0.717, 1.165) is 5.69 Å². The summed E-state index contributed by atoms with van der Waals surface area (Å²) in [4.78, 5) is 23.8. The largest absolute Gasteiger partial charge is 0.444 e. The molecule has 0 saturated carbocycles. The minimum atomic E-state index is -0.638. The van der Waals surface area contributed by atoms with Gasteiger partial charge in [-0.1, -0.05) is 6.07 Å². The van der Waals surface area contributed by atoms with Crippen molar-refractivity contribution < 1.29 is 19.0 Å². The van der Waals surface area contributed by atoms with E-state index < -0.39 is 23.8 Å². The number of carbonyl (C=O) groups excluding carboxylic acids is 1. The normalized spacial score (nSPS) is 15.4. The van der Waals surface area contributed by atoms with Crippen molar-refractivity contribution in [2.75, 3.05) is 18.0 Å². The molecule has 2 aromatic heterocycles. The zero-order valence-corrected chi connectivity index (χ0v) is 18.6. The van der Waals surface area contributed by atoms with Gasteiger partial charge in [0.15, 0.2) is 0 Å². The number of aromatic nitrogens is 2. The second-order valence-electron chi connectivity index (χ2n) is 9.02. The van der Waals surface area contributed by atoms with Crippen LogP contribution in [0, 0.1) is 5.82 Å². The highest BCUT2D eigenvalue weighted by molar-refractivity contribution is 6.01. The van der Waals surface area contributed by atoms with Gasteiger partial charge in [-0.2, -0.15) is 0 Å². The van der Waals surface area contributed by atoms with Crippen LogP contribution < -0.4 is 10.2 Å². The van der Waals surface area contributed by atoms with Gasteiger partial charge in [-0.15, -0.1) is 0 Å². The topological polar surface area (TPSA) is 87.6 Å². The van der Waals surface area contributed by atoms with Crippen LogP contribution in [0.2, 0.25) is 0 Å². The minimum Gasteiger partial charge on any atom is -0.444 e. The Labute approximate surface area is 186 Å². The molecule has 32 heavy (non-hydrogen) atoms. The number of aliphatic hydroxyl groups is 1. The molecule has 1 aromatic carbocycles. The lowest BCUT2D eigenvalue weighted by Gasteiger charge is -2.40. The summed E-state index contributed by atoms with van der Waals surface area (Å²) in [6.45, 7) is 8.06. The zero-order chi connectivity index (χ0) is 23.0. The third-order valence-corrected chi connectivity index (χ3v) is 5.19. The first kappa shape index (κ1) is 22.0. The fourth-order valence-electron chi connectivity index (χ4n) is 3.83. The van der Waals surface area contributed by atoms with E-state index in [9.17, 15) is 14.3 Å². The van der Waals surface area contributed by atoms with Gasteiger partial charge in [0.25, 0.3) is 0 Å². The molecule has 168 valence electrons. The van der Waals surface area contributed by atoms with E-state index >= 15 is 0 Å². The van der Waals surface area contributed by atoms with Crippen LogP contribution in [-0.2, 0) is 4.74 Å². The second-order valence-corrected chi connectivity index (χ2v) is 9.02. The van der Waals surface area contributed by atoms with Crippen LogP contribution in [0.5, 0.6) is 0 Å². The lowest BCUT2D eigenvalue weighted by Crippen LogP contribution is -2.51. The van der Waals surface area contributed by atoms with Crippen LogP contribution in [0.1, 0.15) is 39.4 Å². The van der Waals surface area contributed by atoms with Crippen molar-refractivity contribution in [2.45, 2.75) is 45.4 Å². The fourth-order valence-corrected chi connectivity index (χ4v) is 3.83. The molecule has 0 radical (unpaired) electrons. The lowest BCUT2D eigenvalue weighted by atomic mass is 9.95. The quantitative estimate of drug-likeness (QED) is 0.635. The van der Waals surface area contributed by atoms with Crippen LogP contribution in [0.15, 0.2) is 42.6 Å². The molecule has 1 atom stereocenters. The number of alkyl carbamates (subject to hydrolysis) is 1. The molecule has 3 aromatic rings. The number of aliphatic hydroxyl groups excluding tert-OH is 1. The maximum absolute atomic E-state index is 14.2. The number of amides is 1. The molecule has 8 heteroatoms. The van der Waals surface area contributed by atoms with Crippen molar-refractivity contribution in [1.82, 2.24) is 15.3 Å². The molecule has 0 spiro atoms. The highest BCUT2D eigenvalue weighted by Crippen LogP contribution is 2.42. The summed E-state index contributed by atoms with van der Waals surface area (Å²) in [7, 11) is 0. The van der Waals surface area contributed by atoms with Crippen molar-refractivity contribution >= 4 is 22.7 Å². The molecule has 2 N–H and O–H groups in total. The molecule has 1 unspecified atom stereocenters. The molecule has 4 rings (SSSR count). The Morgan fingerprint density at radius 3 is 2.66 bits per heavy atom. The van der Waals surface area contributed by atoms with E-state index in [1.54, 1.807) is 33.0 Å². The first-order chi connectivity index (χ1) is 15.1. The van der Waals surface area contributed by atoms with E-state index in [4.69, 9.17) is 9.72 Å². The van der Waals surface area contributed by atoms with Gasteiger partial charge in [-0.05, 0) is 58.0 Å². The first-order valence-electron chi connectivity index (χ1n) is 10.6. The number of hydrogen-bond donors (Lipinski definition) is 2. The van der Waals surface area contributed by atoms with Crippen molar-refractivity contribution in [2.24, 2.45) is 0 Å². The number of anilines is 1. The Kier molecular flexibility index (Phi) is 5.73. The summed E-state index contributed by atoms with van der Waals surface area (Å²) in [6, 6.07) is 9.45. The average molecular weight is 439 g/mol. The summed E-state index contributed by atoms with van der Waals surface area (Å²) < 4.78 is 19.6. The molecular formula is C24H27FN4O3. The predicted octanol–water partition coefficient (Wildman–Crippen LogP) is 4.20. The van der Waals surface area contributed by atoms with Crippen LogP contribution in [0.25, 0.3) is 22.2 Å². The molecule has 0 aliphatic carbocycles. The Hall–Kier alpha value is -3.26. The van der Waals surface area contributed by atoms with Crippen LogP contribution in [-0.4, -0.2) is 46.0 Å². The number of hydrogen-bond acceptors (Lipinski definition) is 6. The maximum Gasteiger partial charge on any atom is 0.408 e. The summed E-state index contributed by atoms with van der Waals surface area (Å²) in [5, 5.41) is 13.4. The van der Waals surface area contributed by atoms with Crippen molar-refractivity contribution in [3.63, 3.8) is 0 Å². The molecule has 0 bridgehead atoms. The highest BCUT2D eigenvalue weighted by Gasteiger charge is 2.32. The SMILES string of the molecule is CC(NC(=O)OC(C)(C)C)c1nc2ccc(F)cc2c(N2CC(O)C2)c1-c1ccccn1. The smallest absolute Gasteiger partial charge is 0.408 e. The number of rotatable bonds is 4. The van der Waals surface area contributed by atoms with Gasteiger partial charge in [-0.25, -0.2) is 14.2 Å². The average Bonchev–Trinajstić information content (AvgIpc) is 2.69. The third-order valence-electron chi connectivity index (χ3n) is 5.19. The monoisotopic (exact) mass is 438 g/mol. The molecular weight excluding hydrogens is 411 g/mol. The molecule has 3 heterocycles. The van der Waals surface area contributed by atoms with E-state index in [-0.39, 0.29) is 5.82 Å². The molecule has 1 aliphatic rings. The Bertz CT molecular complexity index is 1140. The molecule has 7 nitrogen and oxygen atoms in total. The van der Waals surface area contributed by atoms with Gasteiger partial charge in [-0.3, -0.25) is 4.98 Å². The number of nitrogens with one attached hydrogen (secondary N) is 1. The van der Waals surface area contributed by atoms with E-state index in [1.807, 2.05) is 30.0 Å². The molecule has 1 fully saturated rings. The van der Waals surface area contributed by atoms with Gasteiger partial charge in [0.1, 0.15) is 11.4 Å². The van der Waals surface area contributed by atoms with Crippen LogP contribution in [0.4, 0.5) is 14.9 Å². The zero-order valence-electron chi connectivity index (χ0n) is 18.6. The molecule has 1 amide bonds. The van der Waals surface area contributed by atoms with Crippen molar-refractivity contribution in [3.8, 4) is 11.3 Å². The number of pyridine rings is 2. The van der Waals surface area contributed by atoms with Gasteiger partial charge >= 0.3 is 6.09 Å².